The van der Waals surface area contributed by atoms with Crippen LogP contribution in [0, 0.1) is 18.3 Å². The average molecular weight is 176 g/mol. The van der Waals surface area contributed by atoms with Crippen LogP contribution in [0.2, 0.25) is 0 Å². The number of allylic oxidation sites excluding steroid dienone is 2. The predicted octanol–water partition coefficient (Wildman–Crippen LogP) is 2.55. The highest BCUT2D eigenvalue weighted by Crippen LogP contribution is 2.25. The van der Waals surface area contributed by atoms with E-state index in [2.05, 4.69) is 25.5 Å². The zero-order valence-corrected chi connectivity index (χ0v) is 8.12. The fourth-order valence-electron chi connectivity index (χ4n) is 1.54. The van der Waals surface area contributed by atoms with Crippen LogP contribution in [0.5, 0.6) is 0 Å². The summed E-state index contributed by atoms with van der Waals surface area (Å²) in [6.07, 6.45) is 11.6. The first-order valence-electron chi connectivity index (χ1n) is 4.66. The minimum Gasteiger partial charge on any atom is -0.361 e. The predicted molar refractivity (Wildman–Crippen MR) is 55.3 cm³/mol. The fourth-order valence-corrected chi connectivity index (χ4v) is 1.54. The monoisotopic (exact) mass is 176 g/mol. The van der Waals surface area contributed by atoms with Crippen LogP contribution < -0.4 is 0 Å². The van der Waals surface area contributed by atoms with Crippen LogP contribution in [0.3, 0.4) is 0 Å². The molecule has 0 aliphatic heterocycles. The van der Waals surface area contributed by atoms with Gasteiger partial charge in [-0.05, 0) is 18.8 Å². The molecule has 0 aromatic rings. The van der Waals surface area contributed by atoms with E-state index < -0.39 is 0 Å². The molecular formula is C12H16O. The molecule has 0 spiro atoms. The van der Waals surface area contributed by atoms with Gasteiger partial charge in [0.2, 0.25) is 0 Å². The summed E-state index contributed by atoms with van der Waals surface area (Å²) in [5, 5.41) is 0. The second-order valence-corrected chi connectivity index (χ2v) is 3.44. The van der Waals surface area contributed by atoms with E-state index in [4.69, 9.17) is 11.2 Å². The van der Waals surface area contributed by atoms with Crippen molar-refractivity contribution < 1.29 is 4.74 Å². The summed E-state index contributed by atoms with van der Waals surface area (Å²) in [6, 6.07) is 0. The van der Waals surface area contributed by atoms with Gasteiger partial charge in [0, 0.05) is 0 Å². The zero-order valence-electron chi connectivity index (χ0n) is 8.12. The Morgan fingerprint density at radius 1 is 1.85 bits per heavy atom. The standard InChI is InChI=1S/C12H16O/c1-4-8-13-12-9-11(5-2)7-6-10(12)3/h1,5,9-10,12H,2,6-8H2,3H3/t10-,12-/m0/s1. The van der Waals surface area contributed by atoms with Crippen molar-refractivity contribution >= 4 is 0 Å². The minimum atomic E-state index is 0.179. The van der Waals surface area contributed by atoms with Gasteiger partial charge in [-0.2, -0.15) is 0 Å². The van der Waals surface area contributed by atoms with Crippen molar-refractivity contribution in [2.75, 3.05) is 6.61 Å². The Morgan fingerprint density at radius 2 is 2.62 bits per heavy atom. The number of rotatable bonds is 3. The van der Waals surface area contributed by atoms with Crippen LogP contribution in [-0.2, 0) is 4.74 Å². The maximum Gasteiger partial charge on any atom is 0.108 e. The lowest BCUT2D eigenvalue weighted by molar-refractivity contribution is 0.0654. The highest BCUT2D eigenvalue weighted by molar-refractivity contribution is 5.21. The van der Waals surface area contributed by atoms with E-state index in [1.165, 1.54) is 5.57 Å². The first-order chi connectivity index (χ1) is 6.27. The van der Waals surface area contributed by atoms with Crippen LogP contribution >= 0.6 is 0 Å². The van der Waals surface area contributed by atoms with Gasteiger partial charge in [-0.25, -0.2) is 0 Å². The second kappa shape index (κ2) is 4.89. The molecule has 1 aliphatic rings. The molecule has 0 radical (unpaired) electrons. The Hall–Kier alpha value is -1.00. The van der Waals surface area contributed by atoms with Crippen molar-refractivity contribution in [2.45, 2.75) is 25.9 Å². The Labute approximate surface area is 80.5 Å². The second-order valence-electron chi connectivity index (χ2n) is 3.44. The van der Waals surface area contributed by atoms with Crippen LogP contribution in [-0.4, -0.2) is 12.7 Å². The quantitative estimate of drug-likeness (QED) is 0.600. The normalized spacial score (nSPS) is 27.5. The molecule has 0 fully saturated rings. The molecule has 0 saturated carbocycles. The van der Waals surface area contributed by atoms with Gasteiger partial charge in [0.1, 0.15) is 6.61 Å². The minimum absolute atomic E-state index is 0.179. The Kier molecular flexibility index (Phi) is 3.79. The van der Waals surface area contributed by atoms with Gasteiger partial charge in [0.05, 0.1) is 6.10 Å². The highest BCUT2D eigenvalue weighted by atomic mass is 16.5. The topological polar surface area (TPSA) is 9.23 Å². The largest absolute Gasteiger partial charge is 0.361 e. The van der Waals surface area contributed by atoms with Gasteiger partial charge in [-0.3, -0.25) is 0 Å². The maximum absolute atomic E-state index is 5.52. The third-order valence-corrected chi connectivity index (χ3v) is 2.45. The van der Waals surface area contributed by atoms with E-state index >= 15 is 0 Å². The Morgan fingerprint density at radius 3 is 3.23 bits per heavy atom. The van der Waals surface area contributed by atoms with Gasteiger partial charge in [-0.1, -0.05) is 37.1 Å². The molecule has 0 N–H and O–H groups in total. The van der Waals surface area contributed by atoms with Crippen molar-refractivity contribution in [1.82, 2.24) is 0 Å². The van der Waals surface area contributed by atoms with Gasteiger partial charge in [-0.15, -0.1) is 6.42 Å². The van der Waals surface area contributed by atoms with E-state index in [-0.39, 0.29) is 6.10 Å². The molecule has 0 amide bonds. The lowest BCUT2D eigenvalue weighted by Crippen LogP contribution is -2.23. The Bertz CT molecular complexity index is 244. The fraction of sp³-hybridized carbons (Fsp3) is 0.500. The number of terminal acetylenes is 1. The molecule has 1 aliphatic carbocycles. The van der Waals surface area contributed by atoms with Crippen molar-refractivity contribution in [1.29, 1.82) is 0 Å². The number of ether oxygens (including phenoxy) is 1. The van der Waals surface area contributed by atoms with Gasteiger partial charge in [0.15, 0.2) is 0 Å². The summed E-state index contributed by atoms with van der Waals surface area (Å²) in [5.41, 5.74) is 1.28. The zero-order chi connectivity index (χ0) is 9.68. The van der Waals surface area contributed by atoms with Gasteiger partial charge < -0.3 is 4.74 Å². The van der Waals surface area contributed by atoms with Crippen molar-refractivity contribution in [3.8, 4) is 12.3 Å². The highest BCUT2D eigenvalue weighted by Gasteiger charge is 2.19. The molecule has 2 atom stereocenters. The van der Waals surface area contributed by atoms with Crippen molar-refractivity contribution in [2.24, 2.45) is 5.92 Å². The molecule has 1 nitrogen and oxygen atoms in total. The van der Waals surface area contributed by atoms with Crippen LogP contribution in [0.15, 0.2) is 24.3 Å². The lowest BCUT2D eigenvalue weighted by atomic mass is 9.88. The molecule has 70 valence electrons. The van der Waals surface area contributed by atoms with Crippen LogP contribution in [0.1, 0.15) is 19.8 Å². The first-order valence-corrected chi connectivity index (χ1v) is 4.66. The molecule has 1 heteroatoms. The summed E-state index contributed by atoms with van der Waals surface area (Å²) < 4.78 is 5.52. The summed E-state index contributed by atoms with van der Waals surface area (Å²) in [4.78, 5) is 0. The average Bonchev–Trinajstić information content (AvgIpc) is 2.17. The first kappa shape index (κ1) is 10.1. The summed E-state index contributed by atoms with van der Waals surface area (Å²) >= 11 is 0. The maximum atomic E-state index is 5.52. The van der Waals surface area contributed by atoms with Crippen LogP contribution in [0.4, 0.5) is 0 Å². The van der Waals surface area contributed by atoms with E-state index in [1.54, 1.807) is 0 Å². The molecule has 0 saturated heterocycles. The van der Waals surface area contributed by atoms with E-state index in [9.17, 15) is 0 Å². The van der Waals surface area contributed by atoms with Crippen LogP contribution in [0.25, 0.3) is 0 Å². The van der Waals surface area contributed by atoms with Crippen molar-refractivity contribution in [3.05, 3.63) is 24.3 Å². The van der Waals surface area contributed by atoms with E-state index in [1.807, 2.05) is 6.08 Å². The molecular weight excluding hydrogens is 160 g/mol. The molecule has 1 rings (SSSR count). The molecule has 13 heavy (non-hydrogen) atoms. The van der Waals surface area contributed by atoms with Gasteiger partial charge >= 0.3 is 0 Å². The van der Waals surface area contributed by atoms with Crippen molar-refractivity contribution in [3.63, 3.8) is 0 Å². The molecule has 0 aromatic heterocycles. The Balaban J connectivity index is 2.58. The summed E-state index contributed by atoms with van der Waals surface area (Å²) in [7, 11) is 0. The molecule has 0 heterocycles. The molecule has 0 aromatic carbocycles. The summed E-state index contributed by atoms with van der Waals surface area (Å²) in [5.74, 6) is 3.06. The van der Waals surface area contributed by atoms with E-state index in [0.717, 1.165) is 12.8 Å². The number of hydrogen-bond acceptors (Lipinski definition) is 1. The summed E-state index contributed by atoms with van der Waals surface area (Å²) in [6.45, 7) is 6.35. The number of hydrogen-bond donors (Lipinski definition) is 0. The third kappa shape index (κ3) is 2.75. The molecule has 0 unspecified atom stereocenters. The SMILES string of the molecule is C#CCO[C@H]1C=C(C=C)CC[C@@H]1C. The third-order valence-electron chi connectivity index (χ3n) is 2.45. The molecule has 0 bridgehead atoms. The van der Waals surface area contributed by atoms with E-state index in [0.29, 0.717) is 12.5 Å². The van der Waals surface area contributed by atoms with Gasteiger partial charge in [0.25, 0.3) is 0 Å². The smallest absolute Gasteiger partial charge is 0.108 e. The lowest BCUT2D eigenvalue weighted by Gasteiger charge is -2.26.